The largest absolute Gasteiger partial charge is 0.381 e. The summed E-state index contributed by atoms with van der Waals surface area (Å²) in [4.78, 5) is 21.7. The van der Waals surface area contributed by atoms with Crippen molar-refractivity contribution in [3.8, 4) is 5.69 Å². The Morgan fingerprint density at radius 1 is 1.07 bits per heavy atom. The maximum Gasteiger partial charge on any atom is 0.252 e. The van der Waals surface area contributed by atoms with Gasteiger partial charge in [-0.3, -0.25) is 9.36 Å². The number of pyridine rings is 1. The van der Waals surface area contributed by atoms with Crippen molar-refractivity contribution in [1.29, 1.82) is 0 Å². The zero-order chi connectivity index (χ0) is 19.6. The van der Waals surface area contributed by atoms with Gasteiger partial charge in [-0.05, 0) is 49.2 Å². The molecule has 0 unspecified atom stereocenters. The minimum atomic E-state index is -0.0439. The molecule has 4 aromatic rings. The predicted octanol–water partition coefficient (Wildman–Crippen LogP) is 3.07. The first kappa shape index (κ1) is 17.6. The lowest BCUT2D eigenvalue weighted by Crippen LogP contribution is -2.29. The predicted molar refractivity (Wildman–Crippen MR) is 110 cm³/mol. The van der Waals surface area contributed by atoms with Gasteiger partial charge in [0.05, 0.1) is 5.69 Å². The highest BCUT2D eigenvalue weighted by molar-refractivity contribution is 5.75. The van der Waals surface area contributed by atoms with E-state index in [0.29, 0.717) is 24.8 Å². The molecular weight excluding hydrogens is 368 g/mol. The van der Waals surface area contributed by atoms with Crippen LogP contribution in [0.25, 0.3) is 16.7 Å². The van der Waals surface area contributed by atoms with E-state index in [1.54, 1.807) is 33.8 Å². The summed E-state index contributed by atoms with van der Waals surface area (Å²) in [6.45, 7) is 1.32. The molecule has 0 radical (unpaired) electrons. The van der Waals surface area contributed by atoms with Gasteiger partial charge in [0.2, 0.25) is 5.95 Å². The van der Waals surface area contributed by atoms with Crippen LogP contribution in [-0.2, 0) is 4.74 Å². The van der Waals surface area contributed by atoms with E-state index in [1.165, 1.54) is 0 Å². The average molecular weight is 388 g/mol. The van der Waals surface area contributed by atoms with E-state index in [4.69, 9.17) is 4.74 Å². The Labute approximate surface area is 166 Å². The third kappa shape index (κ3) is 3.50. The fourth-order valence-corrected chi connectivity index (χ4v) is 3.64. The van der Waals surface area contributed by atoms with Gasteiger partial charge in [-0.1, -0.05) is 0 Å². The highest BCUT2D eigenvalue weighted by Crippen LogP contribution is 2.24. The molecule has 0 bridgehead atoms. The van der Waals surface area contributed by atoms with Gasteiger partial charge in [-0.15, -0.1) is 0 Å². The molecule has 0 saturated carbocycles. The molecule has 8 nitrogen and oxygen atoms in total. The van der Waals surface area contributed by atoms with Gasteiger partial charge in [0, 0.05) is 55.0 Å². The van der Waals surface area contributed by atoms with E-state index in [1.807, 2.05) is 36.5 Å². The van der Waals surface area contributed by atoms with Crippen molar-refractivity contribution in [2.45, 2.75) is 18.9 Å². The summed E-state index contributed by atoms with van der Waals surface area (Å²) in [7, 11) is 0. The number of hydrogen-bond donors (Lipinski definition) is 1. The Hall–Kier alpha value is -3.52. The summed E-state index contributed by atoms with van der Waals surface area (Å²) in [5.74, 6) is 0.454. The molecule has 0 aliphatic carbocycles. The number of ether oxygens (including phenoxy) is 1. The fraction of sp³-hybridized carbons (Fsp3) is 0.238. The first-order valence-electron chi connectivity index (χ1n) is 9.61. The monoisotopic (exact) mass is 388 g/mol. The molecule has 4 heterocycles. The Bertz CT molecular complexity index is 1180. The second-order valence-electron chi connectivity index (χ2n) is 6.98. The molecule has 1 aliphatic heterocycles. The number of rotatable bonds is 4. The van der Waals surface area contributed by atoms with E-state index < -0.39 is 0 Å². The number of benzene rings is 1. The van der Waals surface area contributed by atoms with Crippen molar-refractivity contribution in [2.75, 3.05) is 18.5 Å². The molecule has 0 amide bonds. The summed E-state index contributed by atoms with van der Waals surface area (Å²) < 4.78 is 9.02. The zero-order valence-corrected chi connectivity index (χ0v) is 15.7. The first-order valence-corrected chi connectivity index (χ1v) is 9.61. The summed E-state index contributed by atoms with van der Waals surface area (Å²) in [5, 5.41) is 8.30. The highest BCUT2D eigenvalue weighted by atomic mass is 16.5. The molecule has 1 aromatic carbocycles. The Morgan fingerprint density at radius 3 is 2.66 bits per heavy atom. The number of anilines is 2. The summed E-state index contributed by atoms with van der Waals surface area (Å²) in [6.07, 6.45) is 7.00. The van der Waals surface area contributed by atoms with Crippen molar-refractivity contribution < 1.29 is 4.74 Å². The van der Waals surface area contributed by atoms with Gasteiger partial charge in [0.1, 0.15) is 5.65 Å². The smallest absolute Gasteiger partial charge is 0.252 e. The number of nitrogens with zero attached hydrogens (tertiary/aromatic N) is 5. The van der Waals surface area contributed by atoms with Crippen LogP contribution in [0.15, 0.2) is 65.8 Å². The van der Waals surface area contributed by atoms with E-state index in [-0.39, 0.29) is 11.6 Å². The SMILES string of the molecule is O=c1ccc2cnc(Nc3ccc(-n4cccn4)cc3)nc2n1C1CCOCC1. The van der Waals surface area contributed by atoms with E-state index in [2.05, 4.69) is 20.4 Å². The lowest BCUT2D eigenvalue weighted by atomic mass is 10.1. The van der Waals surface area contributed by atoms with Crippen LogP contribution in [0.1, 0.15) is 18.9 Å². The number of hydrogen-bond acceptors (Lipinski definition) is 6. The Morgan fingerprint density at radius 2 is 1.90 bits per heavy atom. The van der Waals surface area contributed by atoms with Crippen molar-refractivity contribution in [3.05, 3.63) is 71.4 Å². The van der Waals surface area contributed by atoms with Gasteiger partial charge in [0.15, 0.2) is 0 Å². The molecular formula is C21H20N6O2. The van der Waals surface area contributed by atoms with Crippen molar-refractivity contribution >= 4 is 22.7 Å². The third-order valence-electron chi connectivity index (χ3n) is 5.12. The first-order chi connectivity index (χ1) is 14.3. The van der Waals surface area contributed by atoms with Gasteiger partial charge in [-0.2, -0.15) is 10.1 Å². The normalized spacial score (nSPS) is 14.9. The van der Waals surface area contributed by atoms with Crippen LogP contribution in [-0.4, -0.2) is 37.5 Å². The average Bonchev–Trinajstić information content (AvgIpc) is 3.30. The Balaban J connectivity index is 1.47. The summed E-state index contributed by atoms with van der Waals surface area (Å²) in [5.41, 5.74) is 2.43. The van der Waals surface area contributed by atoms with E-state index in [0.717, 1.165) is 29.6 Å². The molecule has 1 saturated heterocycles. The quantitative estimate of drug-likeness (QED) is 0.578. The minimum absolute atomic E-state index is 0.0439. The number of fused-ring (bicyclic) bond motifs is 1. The molecule has 5 rings (SSSR count). The van der Waals surface area contributed by atoms with Crippen molar-refractivity contribution in [1.82, 2.24) is 24.3 Å². The highest BCUT2D eigenvalue weighted by Gasteiger charge is 2.19. The summed E-state index contributed by atoms with van der Waals surface area (Å²) >= 11 is 0. The van der Waals surface area contributed by atoms with Gasteiger partial charge in [0.25, 0.3) is 5.56 Å². The van der Waals surface area contributed by atoms with Crippen LogP contribution in [0.4, 0.5) is 11.6 Å². The molecule has 0 atom stereocenters. The van der Waals surface area contributed by atoms with Crippen LogP contribution in [0.5, 0.6) is 0 Å². The maximum absolute atomic E-state index is 12.6. The van der Waals surface area contributed by atoms with Crippen LogP contribution in [0.3, 0.4) is 0 Å². The minimum Gasteiger partial charge on any atom is -0.381 e. The van der Waals surface area contributed by atoms with Gasteiger partial charge in [-0.25, -0.2) is 9.67 Å². The van der Waals surface area contributed by atoms with Crippen LogP contribution in [0, 0.1) is 0 Å². The third-order valence-corrected chi connectivity index (χ3v) is 5.12. The van der Waals surface area contributed by atoms with Crippen LogP contribution in [0.2, 0.25) is 0 Å². The molecule has 8 heteroatoms. The molecule has 146 valence electrons. The van der Waals surface area contributed by atoms with Crippen molar-refractivity contribution in [2.24, 2.45) is 0 Å². The van der Waals surface area contributed by atoms with Crippen molar-refractivity contribution in [3.63, 3.8) is 0 Å². The molecule has 29 heavy (non-hydrogen) atoms. The van der Waals surface area contributed by atoms with Gasteiger partial charge < -0.3 is 10.1 Å². The van der Waals surface area contributed by atoms with Gasteiger partial charge >= 0.3 is 0 Å². The molecule has 3 aromatic heterocycles. The zero-order valence-electron chi connectivity index (χ0n) is 15.7. The number of aromatic nitrogens is 5. The molecule has 1 aliphatic rings. The summed E-state index contributed by atoms with van der Waals surface area (Å²) in [6, 6.07) is 13.2. The molecule has 0 spiro atoms. The topological polar surface area (TPSA) is 86.9 Å². The maximum atomic E-state index is 12.6. The number of nitrogens with one attached hydrogen (secondary N) is 1. The lowest BCUT2D eigenvalue weighted by molar-refractivity contribution is 0.0697. The second kappa shape index (κ2) is 7.48. The van der Waals surface area contributed by atoms with E-state index >= 15 is 0 Å². The van der Waals surface area contributed by atoms with Crippen LogP contribution >= 0.6 is 0 Å². The Kier molecular flexibility index (Phi) is 4.53. The van der Waals surface area contributed by atoms with Crippen LogP contribution < -0.4 is 10.9 Å². The lowest BCUT2D eigenvalue weighted by Gasteiger charge is -2.25. The van der Waals surface area contributed by atoms with E-state index in [9.17, 15) is 4.79 Å². The fourth-order valence-electron chi connectivity index (χ4n) is 3.64. The standard InChI is InChI=1S/C21H20N6O2/c28-19-7-2-15-14-22-21(25-20(15)27(19)18-8-12-29-13-9-18)24-16-3-5-17(6-4-16)26-11-1-10-23-26/h1-7,10-11,14,18H,8-9,12-13H2,(H,22,24,25). The molecule has 1 fully saturated rings. The second-order valence-corrected chi connectivity index (χ2v) is 6.98. The molecule has 1 N–H and O–H groups in total.